The normalized spacial score (nSPS) is 19.1. The van der Waals surface area contributed by atoms with E-state index in [-0.39, 0.29) is 36.9 Å². The van der Waals surface area contributed by atoms with Crippen molar-refractivity contribution in [3.05, 3.63) is 24.3 Å². The average Bonchev–Trinajstić information content (AvgIpc) is 2.64. The summed E-state index contributed by atoms with van der Waals surface area (Å²) in [5, 5.41) is 8.60. The highest BCUT2D eigenvalue weighted by molar-refractivity contribution is 5.93. The standard InChI is InChI=1S/C21H32N4O3/c1-4-25(13-20(27)23-18-7-5-15(2)6-8-18)14-21(28)24-19-11-9-17(10-12-19)22-16(3)26/h9-12,15,18H,4-8,13-14H2,1-3H3,(H,22,26)(H,23,27)(H,24,28). The zero-order chi connectivity index (χ0) is 20.5. The van der Waals surface area contributed by atoms with E-state index in [4.69, 9.17) is 0 Å². The van der Waals surface area contributed by atoms with Crippen molar-refractivity contribution in [2.45, 2.75) is 52.5 Å². The van der Waals surface area contributed by atoms with Crippen molar-refractivity contribution >= 4 is 29.1 Å². The van der Waals surface area contributed by atoms with Crippen molar-refractivity contribution < 1.29 is 14.4 Å². The number of likely N-dealkylation sites (N-methyl/N-ethyl adjacent to an activating group) is 1. The summed E-state index contributed by atoms with van der Waals surface area (Å²) in [6, 6.07) is 7.19. The van der Waals surface area contributed by atoms with Gasteiger partial charge in [0.05, 0.1) is 13.1 Å². The average molecular weight is 389 g/mol. The predicted molar refractivity (Wildman–Crippen MR) is 111 cm³/mol. The van der Waals surface area contributed by atoms with Crippen LogP contribution >= 0.6 is 0 Å². The van der Waals surface area contributed by atoms with E-state index in [9.17, 15) is 14.4 Å². The third kappa shape index (κ3) is 7.68. The van der Waals surface area contributed by atoms with E-state index < -0.39 is 0 Å². The monoisotopic (exact) mass is 388 g/mol. The molecule has 0 atom stereocenters. The summed E-state index contributed by atoms with van der Waals surface area (Å²) in [5.41, 5.74) is 1.32. The second-order valence-electron chi connectivity index (χ2n) is 7.63. The van der Waals surface area contributed by atoms with Gasteiger partial charge in [-0.1, -0.05) is 13.8 Å². The first-order valence-corrected chi connectivity index (χ1v) is 10.0. The van der Waals surface area contributed by atoms with Crippen molar-refractivity contribution in [2.24, 2.45) is 5.92 Å². The molecule has 0 spiro atoms. The molecule has 1 aromatic carbocycles. The van der Waals surface area contributed by atoms with Crippen molar-refractivity contribution in [2.75, 3.05) is 30.3 Å². The number of benzene rings is 1. The molecular formula is C21H32N4O3. The van der Waals surface area contributed by atoms with Crippen LogP contribution in [0.5, 0.6) is 0 Å². The summed E-state index contributed by atoms with van der Waals surface area (Å²) >= 11 is 0. The number of nitrogens with zero attached hydrogens (tertiary/aromatic N) is 1. The maximum absolute atomic E-state index is 12.3. The first-order chi connectivity index (χ1) is 13.4. The molecule has 0 saturated heterocycles. The van der Waals surface area contributed by atoms with Gasteiger partial charge in [0.2, 0.25) is 17.7 Å². The molecule has 2 rings (SSSR count). The Hall–Kier alpha value is -2.41. The fraction of sp³-hybridized carbons (Fsp3) is 0.571. The number of rotatable bonds is 8. The number of anilines is 2. The lowest BCUT2D eigenvalue weighted by Gasteiger charge is -2.28. The molecule has 1 aliphatic carbocycles. The number of hydrogen-bond acceptors (Lipinski definition) is 4. The molecule has 0 heterocycles. The molecule has 154 valence electrons. The second kappa shape index (κ2) is 10.8. The zero-order valence-corrected chi connectivity index (χ0v) is 17.1. The van der Waals surface area contributed by atoms with E-state index in [1.54, 1.807) is 24.3 Å². The van der Waals surface area contributed by atoms with Gasteiger partial charge in [-0.3, -0.25) is 19.3 Å². The lowest BCUT2D eigenvalue weighted by atomic mass is 9.87. The summed E-state index contributed by atoms with van der Waals surface area (Å²) in [4.78, 5) is 37.5. The molecule has 28 heavy (non-hydrogen) atoms. The van der Waals surface area contributed by atoms with Crippen molar-refractivity contribution in [1.29, 1.82) is 0 Å². The topological polar surface area (TPSA) is 90.5 Å². The third-order valence-electron chi connectivity index (χ3n) is 5.05. The summed E-state index contributed by atoms with van der Waals surface area (Å²) in [5.74, 6) is 0.412. The van der Waals surface area contributed by atoms with Crippen LogP contribution in [0.15, 0.2) is 24.3 Å². The highest BCUT2D eigenvalue weighted by atomic mass is 16.2. The minimum Gasteiger partial charge on any atom is -0.352 e. The molecule has 0 aromatic heterocycles. The Morgan fingerprint density at radius 1 is 0.929 bits per heavy atom. The van der Waals surface area contributed by atoms with E-state index in [0.717, 1.165) is 31.6 Å². The van der Waals surface area contributed by atoms with Gasteiger partial charge in [-0.15, -0.1) is 0 Å². The van der Waals surface area contributed by atoms with Crippen LogP contribution in [-0.2, 0) is 14.4 Å². The molecular weight excluding hydrogens is 356 g/mol. The van der Waals surface area contributed by atoms with Gasteiger partial charge in [0.1, 0.15) is 0 Å². The lowest BCUT2D eigenvalue weighted by molar-refractivity contribution is -0.124. The minimum atomic E-state index is -0.173. The van der Waals surface area contributed by atoms with Gasteiger partial charge in [-0.2, -0.15) is 0 Å². The van der Waals surface area contributed by atoms with Crippen molar-refractivity contribution in [3.63, 3.8) is 0 Å². The van der Waals surface area contributed by atoms with Gasteiger partial charge >= 0.3 is 0 Å². The van der Waals surface area contributed by atoms with E-state index in [1.165, 1.54) is 6.92 Å². The highest BCUT2D eigenvalue weighted by Crippen LogP contribution is 2.23. The van der Waals surface area contributed by atoms with Crippen LogP contribution in [0.2, 0.25) is 0 Å². The van der Waals surface area contributed by atoms with Gasteiger partial charge in [-0.05, 0) is 62.4 Å². The van der Waals surface area contributed by atoms with E-state index >= 15 is 0 Å². The number of carbonyl (C=O) groups is 3. The first kappa shape index (κ1) is 21.9. The molecule has 3 N–H and O–H groups in total. The molecule has 1 aliphatic rings. The third-order valence-corrected chi connectivity index (χ3v) is 5.05. The summed E-state index contributed by atoms with van der Waals surface area (Å²) in [7, 11) is 0. The Labute approximate surface area is 167 Å². The van der Waals surface area contributed by atoms with Crippen LogP contribution in [0.25, 0.3) is 0 Å². The molecule has 1 aromatic rings. The fourth-order valence-electron chi connectivity index (χ4n) is 3.40. The predicted octanol–water partition coefficient (Wildman–Crippen LogP) is 2.60. The van der Waals surface area contributed by atoms with Crippen LogP contribution in [0.4, 0.5) is 11.4 Å². The number of carbonyl (C=O) groups excluding carboxylic acids is 3. The molecule has 0 bridgehead atoms. The Balaban J connectivity index is 1.77. The van der Waals surface area contributed by atoms with Gasteiger partial charge in [0.15, 0.2) is 0 Å². The summed E-state index contributed by atoms with van der Waals surface area (Å²) in [6.07, 6.45) is 4.39. The van der Waals surface area contributed by atoms with Crippen LogP contribution in [0.1, 0.15) is 46.5 Å². The minimum absolute atomic E-state index is 0.0196. The lowest BCUT2D eigenvalue weighted by Crippen LogP contribution is -2.45. The van der Waals surface area contributed by atoms with Crippen LogP contribution in [0, 0.1) is 5.92 Å². The molecule has 3 amide bonds. The Morgan fingerprint density at radius 3 is 2.00 bits per heavy atom. The van der Waals surface area contributed by atoms with Gasteiger partial charge < -0.3 is 16.0 Å². The Bertz CT molecular complexity index is 667. The van der Waals surface area contributed by atoms with Gasteiger partial charge in [0.25, 0.3) is 0 Å². The maximum atomic E-state index is 12.3. The Kier molecular flexibility index (Phi) is 8.44. The molecule has 1 fully saturated rings. The molecule has 0 aliphatic heterocycles. The molecule has 7 heteroatoms. The van der Waals surface area contributed by atoms with E-state index in [1.807, 2.05) is 11.8 Å². The van der Waals surface area contributed by atoms with Crippen LogP contribution in [-0.4, -0.2) is 48.3 Å². The number of amides is 3. The van der Waals surface area contributed by atoms with Gasteiger partial charge in [-0.25, -0.2) is 0 Å². The largest absolute Gasteiger partial charge is 0.352 e. The molecule has 0 unspecified atom stereocenters. The van der Waals surface area contributed by atoms with E-state index in [0.29, 0.717) is 17.9 Å². The smallest absolute Gasteiger partial charge is 0.238 e. The second-order valence-corrected chi connectivity index (χ2v) is 7.63. The van der Waals surface area contributed by atoms with Gasteiger partial charge in [0, 0.05) is 24.3 Å². The first-order valence-electron chi connectivity index (χ1n) is 10.0. The molecule has 0 radical (unpaired) electrons. The fourth-order valence-corrected chi connectivity index (χ4v) is 3.40. The van der Waals surface area contributed by atoms with Crippen molar-refractivity contribution in [1.82, 2.24) is 10.2 Å². The Morgan fingerprint density at radius 2 is 1.46 bits per heavy atom. The molecule has 7 nitrogen and oxygen atoms in total. The van der Waals surface area contributed by atoms with Crippen LogP contribution in [0.3, 0.4) is 0 Å². The maximum Gasteiger partial charge on any atom is 0.238 e. The quantitative estimate of drug-likeness (QED) is 0.638. The number of nitrogens with one attached hydrogen (secondary N) is 3. The summed E-state index contributed by atoms with van der Waals surface area (Å²) in [6.45, 7) is 6.62. The van der Waals surface area contributed by atoms with Crippen LogP contribution < -0.4 is 16.0 Å². The van der Waals surface area contributed by atoms with E-state index in [2.05, 4.69) is 22.9 Å². The highest BCUT2D eigenvalue weighted by Gasteiger charge is 2.21. The summed E-state index contributed by atoms with van der Waals surface area (Å²) < 4.78 is 0. The SMILES string of the molecule is CCN(CC(=O)Nc1ccc(NC(C)=O)cc1)CC(=O)NC1CCC(C)CC1. The number of hydrogen-bond donors (Lipinski definition) is 3. The molecule has 1 saturated carbocycles. The zero-order valence-electron chi connectivity index (χ0n) is 17.1. The van der Waals surface area contributed by atoms with Crippen molar-refractivity contribution in [3.8, 4) is 0 Å².